The number of hydrogen-bond donors (Lipinski definition) is 3. The summed E-state index contributed by atoms with van der Waals surface area (Å²) in [6.45, 7) is 3.11. The van der Waals surface area contributed by atoms with E-state index in [0.29, 0.717) is 17.8 Å². The topological polar surface area (TPSA) is 44.3 Å². The Balaban J connectivity index is 1.69. The first-order valence-corrected chi connectivity index (χ1v) is 7.53. The quantitative estimate of drug-likeness (QED) is 0.782. The van der Waals surface area contributed by atoms with Crippen molar-refractivity contribution in [2.24, 2.45) is 5.92 Å². The normalized spacial score (nSPS) is 30.7. The zero-order valence-corrected chi connectivity index (χ0v) is 11.7. The minimum absolute atomic E-state index is 0.388. The van der Waals surface area contributed by atoms with Gasteiger partial charge in [0.15, 0.2) is 0 Å². The third-order valence-electron chi connectivity index (χ3n) is 4.75. The summed E-state index contributed by atoms with van der Waals surface area (Å²) in [4.78, 5) is 0. The summed E-state index contributed by atoms with van der Waals surface area (Å²) in [5.74, 6) is 1.13. The highest BCUT2D eigenvalue weighted by molar-refractivity contribution is 5.51. The maximum atomic E-state index is 9.80. The van der Waals surface area contributed by atoms with Crippen molar-refractivity contribution in [2.45, 2.75) is 51.1 Å². The number of anilines is 1. The van der Waals surface area contributed by atoms with E-state index in [2.05, 4.69) is 16.7 Å². The fourth-order valence-electron chi connectivity index (χ4n) is 3.64. The molecule has 3 nitrogen and oxygen atoms in total. The zero-order valence-electron chi connectivity index (χ0n) is 11.7. The molecule has 3 rings (SSSR count). The largest absolute Gasteiger partial charge is 0.508 e. The van der Waals surface area contributed by atoms with Crippen LogP contribution in [0.15, 0.2) is 18.2 Å². The van der Waals surface area contributed by atoms with Crippen LogP contribution in [0.3, 0.4) is 0 Å². The van der Waals surface area contributed by atoms with Crippen molar-refractivity contribution >= 4 is 5.69 Å². The molecular formula is C16H24N2O. The van der Waals surface area contributed by atoms with Gasteiger partial charge in [0.05, 0.1) is 0 Å². The van der Waals surface area contributed by atoms with E-state index in [4.69, 9.17) is 0 Å². The predicted octanol–water partition coefficient (Wildman–Crippen LogP) is 3.03. The van der Waals surface area contributed by atoms with Crippen LogP contribution < -0.4 is 10.6 Å². The average molecular weight is 260 g/mol. The number of phenolic OH excluding ortho intramolecular Hbond substituents is 1. The molecule has 0 radical (unpaired) electrons. The van der Waals surface area contributed by atoms with Crippen molar-refractivity contribution in [1.82, 2.24) is 5.32 Å². The molecule has 104 valence electrons. The lowest BCUT2D eigenvalue weighted by atomic mass is 9.93. The van der Waals surface area contributed by atoms with Crippen LogP contribution in [0.4, 0.5) is 5.69 Å². The summed E-state index contributed by atoms with van der Waals surface area (Å²) >= 11 is 0. The number of aryl methyl sites for hydroxylation is 1. The van der Waals surface area contributed by atoms with Crippen LogP contribution in [0, 0.1) is 12.8 Å². The molecule has 0 spiro atoms. The van der Waals surface area contributed by atoms with Crippen LogP contribution in [-0.4, -0.2) is 23.7 Å². The average Bonchev–Trinajstić information content (AvgIpc) is 3.04. The van der Waals surface area contributed by atoms with Crippen molar-refractivity contribution in [2.75, 3.05) is 11.9 Å². The Morgan fingerprint density at radius 3 is 2.84 bits per heavy atom. The number of hydrogen-bond acceptors (Lipinski definition) is 3. The number of benzene rings is 1. The smallest absolute Gasteiger partial charge is 0.120 e. The Kier molecular flexibility index (Phi) is 3.65. The van der Waals surface area contributed by atoms with Crippen LogP contribution in [0.1, 0.15) is 37.7 Å². The van der Waals surface area contributed by atoms with Gasteiger partial charge in [-0.1, -0.05) is 12.5 Å². The van der Waals surface area contributed by atoms with Gasteiger partial charge >= 0.3 is 0 Å². The Bertz CT molecular complexity index is 440. The van der Waals surface area contributed by atoms with Gasteiger partial charge in [-0.15, -0.1) is 0 Å². The van der Waals surface area contributed by atoms with E-state index in [-0.39, 0.29) is 0 Å². The number of phenols is 1. The molecule has 19 heavy (non-hydrogen) atoms. The van der Waals surface area contributed by atoms with E-state index in [1.807, 2.05) is 19.1 Å². The summed E-state index contributed by atoms with van der Waals surface area (Å²) in [7, 11) is 0. The Morgan fingerprint density at radius 2 is 2.11 bits per heavy atom. The molecule has 1 aliphatic carbocycles. The van der Waals surface area contributed by atoms with Gasteiger partial charge in [0.2, 0.25) is 0 Å². The van der Waals surface area contributed by atoms with Gasteiger partial charge in [0, 0.05) is 23.8 Å². The monoisotopic (exact) mass is 260 g/mol. The summed E-state index contributed by atoms with van der Waals surface area (Å²) < 4.78 is 0. The van der Waals surface area contributed by atoms with E-state index in [9.17, 15) is 5.11 Å². The van der Waals surface area contributed by atoms with Gasteiger partial charge in [-0.3, -0.25) is 0 Å². The van der Waals surface area contributed by atoms with Crippen LogP contribution >= 0.6 is 0 Å². The summed E-state index contributed by atoms with van der Waals surface area (Å²) in [5.41, 5.74) is 1.99. The number of aromatic hydroxyl groups is 1. The van der Waals surface area contributed by atoms with Crippen molar-refractivity contribution < 1.29 is 5.11 Å². The highest BCUT2D eigenvalue weighted by Gasteiger charge is 2.34. The second kappa shape index (κ2) is 5.41. The first-order valence-electron chi connectivity index (χ1n) is 7.53. The van der Waals surface area contributed by atoms with Crippen molar-refractivity contribution in [3.8, 4) is 5.75 Å². The number of rotatable bonds is 3. The van der Waals surface area contributed by atoms with Crippen LogP contribution in [0.5, 0.6) is 5.75 Å². The molecule has 3 heteroatoms. The van der Waals surface area contributed by atoms with Crippen molar-refractivity contribution in [3.05, 3.63) is 23.8 Å². The molecule has 3 unspecified atom stereocenters. The molecule has 1 heterocycles. The lowest BCUT2D eigenvalue weighted by molar-refractivity contribution is 0.376. The molecule has 0 amide bonds. The Morgan fingerprint density at radius 1 is 1.21 bits per heavy atom. The summed E-state index contributed by atoms with van der Waals surface area (Å²) in [6.07, 6.45) is 6.53. The molecule has 1 aliphatic heterocycles. The third-order valence-corrected chi connectivity index (χ3v) is 4.75. The van der Waals surface area contributed by atoms with Gasteiger partial charge in [-0.05, 0) is 56.7 Å². The van der Waals surface area contributed by atoms with E-state index in [1.165, 1.54) is 38.6 Å². The van der Waals surface area contributed by atoms with E-state index in [0.717, 1.165) is 17.2 Å². The van der Waals surface area contributed by atoms with E-state index >= 15 is 0 Å². The lowest BCUT2D eigenvalue weighted by Gasteiger charge is -2.27. The molecule has 1 saturated carbocycles. The second-order valence-electron chi connectivity index (χ2n) is 6.05. The van der Waals surface area contributed by atoms with Gasteiger partial charge < -0.3 is 15.7 Å². The van der Waals surface area contributed by atoms with Gasteiger partial charge in [0.25, 0.3) is 0 Å². The van der Waals surface area contributed by atoms with Crippen molar-refractivity contribution in [3.63, 3.8) is 0 Å². The standard InChI is InChI=1S/C16H24N2O/c1-11-7-8-12(10-16(11)19)18-15-5-2-4-13(15)14-6-3-9-17-14/h7-8,10,13-15,17-19H,2-6,9H2,1H3. The van der Waals surface area contributed by atoms with Crippen LogP contribution in [0.25, 0.3) is 0 Å². The first kappa shape index (κ1) is 12.8. The fraction of sp³-hybridized carbons (Fsp3) is 0.625. The summed E-state index contributed by atoms with van der Waals surface area (Å²) in [5, 5.41) is 17.1. The highest BCUT2D eigenvalue weighted by Crippen LogP contribution is 2.34. The molecule has 1 aromatic rings. The molecule has 3 atom stereocenters. The molecule has 2 fully saturated rings. The van der Waals surface area contributed by atoms with Crippen LogP contribution in [0.2, 0.25) is 0 Å². The second-order valence-corrected chi connectivity index (χ2v) is 6.05. The maximum Gasteiger partial charge on any atom is 0.120 e. The highest BCUT2D eigenvalue weighted by atomic mass is 16.3. The first-order chi connectivity index (χ1) is 9.24. The lowest BCUT2D eigenvalue weighted by Crippen LogP contribution is -2.38. The molecule has 0 aromatic heterocycles. The molecular weight excluding hydrogens is 236 g/mol. The predicted molar refractivity (Wildman–Crippen MR) is 78.6 cm³/mol. The van der Waals surface area contributed by atoms with Gasteiger partial charge in [-0.2, -0.15) is 0 Å². The maximum absolute atomic E-state index is 9.80. The van der Waals surface area contributed by atoms with E-state index in [1.54, 1.807) is 0 Å². The van der Waals surface area contributed by atoms with Gasteiger partial charge in [-0.25, -0.2) is 0 Å². The molecule has 2 aliphatic rings. The fourth-order valence-corrected chi connectivity index (χ4v) is 3.64. The molecule has 1 aromatic carbocycles. The minimum atomic E-state index is 0.388. The molecule has 1 saturated heterocycles. The van der Waals surface area contributed by atoms with Crippen LogP contribution in [-0.2, 0) is 0 Å². The summed E-state index contributed by atoms with van der Waals surface area (Å²) in [6, 6.07) is 7.16. The third kappa shape index (κ3) is 2.71. The molecule has 0 bridgehead atoms. The Labute approximate surface area is 115 Å². The SMILES string of the molecule is Cc1ccc(NC2CCCC2C2CCCN2)cc1O. The van der Waals surface area contributed by atoms with E-state index < -0.39 is 0 Å². The number of nitrogens with one attached hydrogen (secondary N) is 2. The molecule has 3 N–H and O–H groups in total. The van der Waals surface area contributed by atoms with Gasteiger partial charge in [0.1, 0.15) is 5.75 Å². The van der Waals surface area contributed by atoms with Crippen molar-refractivity contribution in [1.29, 1.82) is 0 Å². The zero-order chi connectivity index (χ0) is 13.2. The Hall–Kier alpha value is -1.22. The minimum Gasteiger partial charge on any atom is -0.508 e.